The molecule has 0 aromatic rings. The highest BCUT2D eigenvalue weighted by Crippen LogP contribution is 2.40. The molecule has 0 saturated heterocycles. The third kappa shape index (κ3) is 4.22. The molecule has 1 rings (SSSR count). The van der Waals surface area contributed by atoms with Crippen LogP contribution in [0.5, 0.6) is 0 Å². The maximum absolute atomic E-state index is 10.6. The predicted octanol–water partition coefficient (Wildman–Crippen LogP) is 4.16. The average Bonchev–Trinajstić information content (AvgIpc) is 2.16. The van der Waals surface area contributed by atoms with Crippen LogP contribution in [-0.4, -0.2) is 20.7 Å². The Balaban J connectivity index is 2.54. The lowest BCUT2D eigenvalue weighted by molar-refractivity contribution is -0.109. The summed E-state index contributed by atoms with van der Waals surface area (Å²) in [5.74, 6) is 0.566. The van der Waals surface area contributed by atoms with Crippen LogP contribution in [0.1, 0.15) is 52.9 Å². The summed E-state index contributed by atoms with van der Waals surface area (Å²) in [4.78, 5) is 10.6. The first-order valence-electron chi connectivity index (χ1n) is 6.88. The molecule has 0 aromatic carbocycles. The third-order valence-corrected chi connectivity index (χ3v) is 8.97. The Morgan fingerprint density at radius 1 is 1.29 bits per heavy atom. The van der Waals surface area contributed by atoms with Crippen molar-refractivity contribution in [3.05, 3.63) is 0 Å². The number of carbonyl (C=O) groups is 1. The molecule has 0 spiro atoms. The number of carbonyl (C=O) groups excluding carboxylic acids is 1. The quantitative estimate of drug-likeness (QED) is 0.558. The third-order valence-electron chi connectivity index (χ3n) is 4.43. The summed E-state index contributed by atoms with van der Waals surface area (Å²) < 4.78 is 6.44. The van der Waals surface area contributed by atoms with Gasteiger partial charge < -0.3 is 9.22 Å². The van der Waals surface area contributed by atoms with Crippen molar-refractivity contribution in [2.75, 3.05) is 0 Å². The maximum atomic E-state index is 10.6. The second kappa shape index (κ2) is 5.66. The molecular weight excluding hydrogens is 228 g/mol. The van der Waals surface area contributed by atoms with Gasteiger partial charge in [-0.1, -0.05) is 27.2 Å². The lowest BCUT2D eigenvalue weighted by Gasteiger charge is -2.41. The summed E-state index contributed by atoms with van der Waals surface area (Å²) in [6.45, 7) is 11.5. The molecule has 1 aliphatic carbocycles. The number of hydrogen-bond donors (Lipinski definition) is 0. The monoisotopic (exact) mass is 256 g/mol. The first-order chi connectivity index (χ1) is 7.76. The van der Waals surface area contributed by atoms with Crippen molar-refractivity contribution in [1.29, 1.82) is 0 Å². The number of hydrogen-bond acceptors (Lipinski definition) is 2. The minimum absolute atomic E-state index is 0.282. The molecule has 0 radical (unpaired) electrons. The van der Waals surface area contributed by atoms with Crippen LogP contribution in [0.15, 0.2) is 0 Å². The average molecular weight is 256 g/mol. The van der Waals surface area contributed by atoms with E-state index < -0.39 is 8.32 Å². The van der Waals surface area contributed by atoms with Crippen molar-refractivity contribution in [2.45, 2.75) is 77.1 Å². The van der Waals surface area contributed by atoms with Gasteiger partial charge in [-0.3, -0.25) is 0 Å². The molecule has 2 nitrogen and oxygen atoms in total. The van der Waals surface area contributed by atoms with Crippen LogP contribution < -0.4 is 0 Å². The minimum Gasteiger partial charge on any atom is -0.414 e. The SMILES string of the molecule is CC(C)(C)[Si](C)(C)O[C@@H]1CCC[C@@H](CC=O)C1. The number of aldehydes is 1. The standard InChI is InChI=1S/C14H28O2Si/c1-14(2,3)17(4,5)16-13-8-6-7-12(11-13)9-10-15/h10,12-13H,6-9,11H2,1-5H3/t12-,13+/m0/s1. The maximum Gasteiger partial charge on any atom is 0.192 e. The fourth-order valence-corrected chi connectivity index (χ4v) is 3.69. The van der Waals surface area contributed by atoms with Gasteiger partial charge in [-0.2, -0.15) is 0 Å². The van der Waals surface area contributed by atoms with E-state index in [9.17, 15) is 4.79 Å². The van der Waals surface area contributed by atoms with E-state index >= 15 is 0 Å². The smallest absolute Gasteiger partial charge is 0.192 e. The van der Waals surface area contributed by atoms with Gasteiger partial charge in [0.25, 0.3) is 0 Å². The van der Waals surface area contributed by atoms with Crippen LogP contribution in [0.2, 0.25) is 18.1 Å². The normalized spacial score (nSPS) is 26.9. The summed E-state index contributed by atoms with van der Waals surface area (Å²) in [6.07, 6.45) is 6.88. The van der Waals surface area contributed by atoms with Crippen LogP contribution in [0.25, 0.3) is 0 Å². The minimum atomic E-state index is -1.63. The van der Waals surface area contributed by atoms with Gasteiger partial charge in [0.2, 0.25) is 0 Å². The van der Waals surface area contributed by atoms with Crippen molar-refractivity contribution in [3.8, 4) is 0 Å². The van der Waals surface area contributed by atoms with E-state index in [1.54, 1.807) is 0 Å². The highest BCUT2D eigenvalue weighted by Gasteiger charge is 2.39. The highest BCUT2D eigenvalue weighted by molar-refractivity contribution is 6.74. The molecule has 0 aromatic heterocycles. The first-order valence-corrected chi connectivity index (χ1v) is 9.78. The molecule has 1 aliphatic rings. The molecule has 2 atom stereocenters. The second-order valence-corrected chi connectivity index (χ2v) is 11.7. The van der Waals surface area contributed by atoms with E-state index in [0.717, 1.165) is 19.1 Å². The zero-order valence-corrected chi connectivity index (χ0v) is 13.1. The molecular formula is C14H28O2Si. The zero-order valence-electron chi connectivity index (χ0n) is 12.1. The summed E-state index contributed by atoms with van der Waals surface area (Å²) in [5, 5.41) is 0.282. The summed E-state index contributed by atoms with van der Waals surface area (Å²) in [6, 6.07) is 0. The van der Waals surface area contributed by atoms with Crippen LogP contribution in [0, 0.1) is 5.92 Å². The van der Waals surface area contributed by atoms with Gasteiger partial charge in [0.1, 0.15) is 6.29 Å². The van der Waals surface area contributed by atoms with E-state index in [4.69, 9.17) is 4.43 Å². The molecule has 0 unspecified atom stereocenters. The summed E-state index contributed by atoms with van der Waals surface area (Å²) in [5.41, 5.74) is 0. The van der Waals surface area contributed by atoms with Crippen LogP contribution in [0.3, 0.4) is 0 Å². The number of rotatable bonds is 4. The van der Waals surface area contributed by atoms with Gasteiger partial charge in [-0.15, -0.1) is 0 Å². The molecule has 1 fully saturated rings. The van der Waals surface area contributed by atoms with Gasteiger partial charge in [0.15, 0.2) is 8.32 Å². The Labute approximate surface area is 107 Å². The first kappa shape index (κ1) is 14.9. The van der Waals surface area contributed by atoms with Gasteiger partial charge >= 0.3 is 0 Å². The van der Waals surface area contributed by atoms with Crippen LogP contribution in [-0.2, 0) is 9.22 Å². The second-order valence-electron chi connectivity index (χ2n) is 6.94. The molecule has 100 valence electrons. The molecule has 0 heterocycles. The zero-order chi connectivity index (χ0) is 13.1. The van der Waals surface area contributed by atoms with E-state index in [-0.39, 0.29) is 5.04 Å². The Kier molecular flexibility index (Phi) is 4.96. The molecule has 0 aliphatic heterocycles. The fourth-order valence-electron chi connectivity index (χ4n) is 2.29. The highest BCUT2D eigenvalue weighted by atomic mass is 28.4. The van der Waals surface area contributed by atoms with Crippen molar-refractivity contribution in [1.82, 2.24) is 0 Å². The molecule has 0 amide bonds. The fraction of sp³-hybridized carbons (Fsp3) is 0.929. The molecule has 0 N–H and O–H groups in total. The predicted molar refractivity (Wildman–Crippen MR) is 74.7 cm³/mol. The van der Waals surface area contributed by atoms with Crippen LogP contribution in [0.4, 0.5) is 0 Å². The topological polar surface area (TPSA) is 26.3 Å². The Bertz CT molecular complexity index is 255. The molecule has 3 heteroatoms. The van der Waals surface area contributed by atoms with E-state index in [2.05, 4.69) is 33.9 Å². The van der Waals surface area contributed by atoms with E-state index in [0.29, 0.717) is 12.0 Å². The van der Waals surface area contributed by atoms with Crippen molar-refractivity contribution < 1.29 is 9.22 Å². The Morgan fingerprint density at radius 2 is 1.94 bits per heavy atom. The lowest BCUT2D eigenvalue weighted by Crippen LogP contribution is -2.45. The molecule has 0 bridgehead atoms. The Morgan fingerprint density at radius 3 is 2.47 bits per heavy atom. The van der Waals surface area contributed by atoms with E-state index in [1.165, 1.54) is 19.3 Å². The van der Waals surface area contributed by atoms with Crippen molar-refractivity contribution >= 4 is 14.6 Å². The lowest BCUT2D eigenvalue weighted by atomic mass is 9.86. The van der Waals surface area contributed by atoms with E-state index in [1.807, 2.05) is 0 Å². The van der Waals surface area contributed by atoms with Gasteiger partial charge in [0.05, 0.1) is 0 Å². The molecule has 17 heavy (non-hydrogen) atoms. The van der Waals surface area contributed by atoms with Crippen molar-refractivity contribution in [3.63, 3.8) is 0 Å². The van der Waals surface area contributed by atoms with Gasteiger partial charge in [-0.25, -0.2) is 0 Å². The van der Waals surface area contributed by atoms with Gasteiger partial charge in [0, 0.05) is 12.5 Å². The largest absolute Gasteiger partial charge is 0.414 e. The molecule has 1 saturated carbocycles. The van der Waals surface area contributed by atoms with Gasteiger partial charge in [-0.05, 0) is 43.3 Å². The van der Waals surface area contributed by atoms with Crippen molar-refractivity contribution in [2.24, 2.45) is 5.92 Å². The summed E-state index contributed by atoms with van der Waals surface area (Å²) in [7, 11) is -1.63. The van der Waals surface area contributed by atoms with Crippen LogP contribution >= 0.6 is 0 Å². The summed E-state index contributed by atoms with van der Waals surface area (Å²) >= 11 is 0. The Hall–Kier alpha value is -0.153.